The normalized spacial score (nSPS) is 16.5. The molecule has 0 spiro atoms. The molecule has 1 rings (SSSR count). The molecular formula is C22H33N. The van der Waals surface area contributed by atoms with Crippen LogP contribution in [0.2, 0.25) is 0 Å². The molecule has 23 heavy (non-hydrogen) atoms. The molecule has 0 aromatic heterocycles. The summed E-state index contributed by atoms with van der Waals surface area (Å²) in [7, 11) is 0. The van der Waals surface area contributed by atoms with Crippen LogP contribution in [0.3, 0.4) is 0 Å². The number of nitrogens with one attached hydrogen (secondary N) is 1. The van der Waals surface area contributed by atoms with Gasteiger partial charge in [-0.05, 0) is 73.4 Å². The van der Waals surface area contributed by atoms with Crippen LogP contribution in [0.5, 0.6) is 0 Å². The Bertz CT molecular complexity index is 555. The smallest absolute Gasteiger partial charge is 0.00705 e. The van der Waals surface area contributed by atoms with Gasteiger partial charge in [-0.15, -0.1) is 0 Å². The molecule has 1 heteroatoms. The van der Waals surface area contributed by atoms with Crippen molar-refractivity contribution in [1.29, 1.82) is 0 Å². The largest absolute Gasteiger partial charge is 0.366 e. The summed E-state index contributed by atoms with van der Waals surface area (Å²) in [5.41, 5.74) is 7.62. The SMILES string of the molecule is C=C(CC)N/C=C/CCC(C)C1=CC(C)=C(C(=C)CC)C(=C)C1. The van der Waals surface area contributed by atoms with Gasteiger partial charge in [-0.3, -0.25) is 0 Å². The molecule has 0 aromatic rings. The molecule has 0 radical (unpaired) electrons. The quantitative estimate of drug-likeness (QED) is 0.506. The molecule has 0 saturated heterocycles. The Morgan fingerprint density at radius 1 is 1.30 bits per heavy atom. The Hall–Kier alpha value is -1.76. The van der Waals surface area contributed by atoms with Gasteiger partial charge in [-0.1, -0.05) is 58.2 Å². The van der Waals surface area contributed by atoms with Gasteiger partial charge in [0.2, 0.25) is 0 Å². The Morgan fingerprint density at radius 3 is 2.57 bits per heavy atom. The van der Waals surface area contributed by atoms with E-state index in [-0.39, 0.29) is 0 Å². The Balaban J connectivity index is 2.62. The zero-order chi connectivity index (χ0) is 17.4. The molecule has 0 aliphatic heterocycles. The molecule has 126 valence electrons. The second kappa shape index (κ2) is 9.39. The monoisotopic (exact) mass is 311 g/mol. The third-order valence-electron chi connectivity index (χ3n) is 4.58. The van der Waals surface area contributed by atoms with E-state index in [1.54, 1.807) is 0 Å². The second-order valence-electron chi connectivity index (χ2n) is 6.50. The minimum Gasteiger partial charge on any atom is -0.366 e. The van der Waals surface area contributed by atoms with Crippen molar-refractivity contribution < 1.29 is 0 Å². The first-order valence-electron chi connectivity index (χ1n) is 8.77. The highest BCUT2D eigenvalue weighted by molar-refractivity contribution is 5.55. The standard InChI is InChI=1S/C22H33N/c1-8-16(3)22-18(5)14-21(15-19(22)6)17(4)12-10-11-13-23-20(7)9-2/h11,13,15,17,23H,3,5,7-10,12,14H2,1-2,4,6H3/b13-11+. The maximum atomic E-state index is 4.29. The summed E-state index contributed by atoms with van der Waals surface area (Å²) >= 11 is 0. The maximum Gasteiger partial charge on any atom is 0.00705 e. The van der Waals surface area contributed by atoms with Crippen molar-refractivity contribution in [3.8, 4) is 0 Å². The molecular weight excluding hydrogens is 278 g/mol. The van der Waals surface area contributed by atoms with Crippen LogP contribution in [0, 0.1) is 5.92 Å². The van der Waals surface area contributed by atoms with Gasteiger partial charge < -0.3 is 5.32 Å². The molecule has 0 amide bonds. The summed E-state index contributed by atoms with van der Waals surface area (Å²) in [5, 5.41) is 3.20. The first-order valence-corrected chi connectivity index (χ1v) is 8.77. The highest BCUT2D eigenvalue weighted by atomic mass is 14.8. The maximum absolute atomic E-state index is 4.29. The van der Waals surface area contributed by atoms with Gasteiger partial charge in [0, 0.05) is 5.70 Å². The van der Waals surface area contributed by atoms with E-state index in [0.29, 0.717) is 5.92 Å². The Morgan fingerprint density at radius 2 is 2.00 bits per heavy atom. The van der Waals surface area contributed by atoms with Gasteiger partial charge in [-0.2, -0.15) is 0 Å². The van der Waals surface area contributed by atoms with Crippen LogP contribution < -0.4 is 5.32 Å². The van der Waals surface area contributed by atoms with Crippen LogP contribution in [0.4, 0.5) is 0 Å². The summed E-state index contributed by atoms with van der Waals surface area (Å²) in [4.78, 5) is 0. The van der Waals surface area contributed by atoms with Crippen molar-refractivity contribution >= 4 is 0 Å². The summed E-state index contributed by atoms with van der Waals surface area (Å²) in [6.07, 6.45) is 11.7. The molecule has 1 unspecified atom stereocenters. The fourth-order valence-electron chi connectivity index (χ4n) is 2.93. The van der Waals surface area contributed by atoms with Crippen molar-refractivity contribution in [3.05, 3.63) is 71.7 Å². The lowest BCUT2D eigenvalue weighted by atomic mass is 9.80. The third-order valence-corrected chi connectivity index (χ3v) is 4.58. The summed E-state index contributed by atoms with van der Waals surface area (Å²) < 4.78 is 0. The average Bonchev–Trinajstić information content (AvgIpc) is 2.52. The molecule has 0 saturated carbocycles. The van der Waals surface area contributed by atoms with Crippen LogP contribution in [-0.2, 0) is 0 Å². The van der Waals surface area contributed by atoms with Gasteiger partial charge in [0.1, 0.15) is 0 Å². The zero-order valence-corrected chi connectivity index (χ0v) is 15.5. The van der Waals surface area contributed by atoms with Crippen molar-refractivity contribution in [2.75, 3.05) is 0 Å². The van der Waals surface area contributed by atoms with Crippen molar-refractivity contribution in [3.63, 3.8) is 0 Å². The summed E-state index contributed by atoms with van der Waals surface area (Å²) in [5.74, 6) is 0.581. The topological polar surface area (TPSA) is 12.0 Å². The fourth-order valence-corrected chi connectivity index (χ4v) is 2.93. The molecule has 1 nitrogen and oxygen atoms in total. The molecule has 1 atom stereocenters. The van der Waals surface area contributed by atoms with Crippen molar-refractivity contribution in [2.45, 2.75) is 59.8 Å². The van der Waals surface area contributed by atoms with E-state index in [9.17, 15) is 0 Å². The van der Waals surface area contributed by atoms with Crippen LogP contribution in [0.15, 0.2) is 71.7 Å². The third kappa shape index (κ3) is 5.74. The van der Waals surface area contributed by atoms with E-state index in [2.05, 4.69) is 64.9 Å². The van der Waals surface area contributed by atoms with Gasteiger partial charge in [0.15, 0.2) is 0 Å². The van der Waals surface area contributed by atoms with Crippen molar-refractivity contribution in [2.24, 2.45) is 5.92 Å². The predicted molar refractivity (Wildman–Crippen MR) is 104 cm³/mol. The Kier molecular flexibility index (Phi) is 7.88. The Labute approximate surface area is 143 Å². The van der Waals surface area contributed by atoms with Gasteiger partial charge in [0.25, 0.3) is 0 Å². The van der Waals surface area contributed by atoms with E-state index in [1.165, 1.54) is 27.9 Å². The molecule has 0 heterocycles. The number of allylic oxidation sites excluding steroid dienone is 8. The number of hydrogen-bond acceptors (Lipinski definition) is 1. The zero-order valence-electron chi connectivity index (χ0n) is 15.5. The van der Waals surface area contributed by atoms with E-state index >= 15 is 0 Å². The van der Waals surface area contributed by atoms with E-state index < -0.39 is 0 Å². The molecule has 1 aliphatic rings. The molecule has 1 aliphatic carbocycles. The first-order chi connectivity index (χ1) is 10.9. The first kappa shape index (κ1) is 19.3. The summed E-state index contributed by atoms with van der Waals surface area (Å²) in [6.45, 7) is 21.2. The van der Waals surface area contributed by atoms with E-state index in [4.69, 9.17) is 0 Å². The van der Waals surface area contributed by atoms with Crippen molar-refractivity contribution in [1.82, 2.24) is 5.32 Å². The van der Waals surface area contributed by atoms with Crippen LogP contribution in [0.1, 0.15) is 59.8 Å². The lowest BCUT2D eigenvalue weighted by Crippen LogP contribution is -2.08. The molecule has 0 bridgehead atoms. The van der Waals surface area contributed by atoms with Crippen LogP contribution >= 0.6 is 0 Å². The lowest BCUT2D eigenvalue weighted by Gasteiger charge is -2.25. The second-order valence-corrected chi connectivity index (χ2v) is 6.50. The van der Waals surface area contributed by atoms with Gasteiger partial charge >= 0.3 is 0 Å². The molecule has 0 aromatic carbocycles. The van der Waals surface area contributed by atoms with E-state index in [1.807, 2.05) is 6.20 Å². The summed E-state index contributed by atoms with van der Waals surface area (Å²) in [6, 6.07) is 0. The average molecular weight is 312 g/mol. The fraction of sp³-hybridized carbons (Fsp3) is 0.455. The van der Waals surface area contributed by atoms with Crippen LogP contribution in [-0.4, -0.2) is 0 Å². The minimum absolute atomic E-state index is 0.581. The molecule has 1 N–H and O–H groups in total. The van der Waals surface area contributed by atoms with Gasteiger partial charge in [0.05, 0.1) is 0 Å². The highest BCUT2D eigenvalue weighted by Crippen LogP contribution is 2.36. The van der Waals surface area contributed by atoms with Gasteiger partial charge in [-0.25, -0.2) is 0 Å². The van der Waals surface area contributed by atoms with E-state index in [0.717, 1.165) is 37.8 Å². The number of hydrogen-bond donors (Lipinski definition) is 1. The molecule has 0 fully saturated rings. The minimum atomic E-state index is 0.581. The predicted octanol–water partition coefficient (Wildman–Crippen LogP) is 6.60. The number of rotatable bonds is 9. The lowest BCUT2D eigenvalue weighted by molar-refractivity contribution is 0.604. The highest BCUT2D eigenvalue weighted by Gasteiger charge is 2.19. The van der Waals surface area contributed by atoms with Crippen LogP contribution in [0.25, 0.3) is 0 Å².